The molecule has 0 aliphatic carbocycles. The summed E-state index contributed by atoms with van der Waals surface area (Å²) in [6.07, 6.45) is 9.94. The van der Waals surface area contributed by atoms with Crippen molar-refractivity contribution in [3.8, 4) is 0 Å². The quantitative estimate of drug-likeness (QED) is 0.465. The van der Waals surface area contributed by atoms with E-state index in [1.54, 1.807) is 5.92 Å². The average Bonchev–Trinajstić information content (AvgIpc) is 2.10. The molecule has 0 saturated heterocycles. The Hall–Kier alpha value is 0. The summed E-state index contributed by atoms with van der Waals surface area (Å²) in [5.74, 6) is 2.43. The molecular formula is C13H27. The van der Waals surface area contributed by atoms with Crippen molar-refractivity contribution in [2.45, 2.75) is 72.6 Å². The van der Waals surface area contributed by atoms with E-state index >= 15 is 0 Å². The minimum Gasteiger partial charge on any atom is -0.0654 e. The number of hydrogen-bond donors (Lipinski definition) is 0. The lowest BCUT2D eigenvalue weighted by atomic mass is 9.92. The van der Waals surface area contributed by atoms with E-state index in [-0.39, 0.29) is 0 Å². The molecule has 0 rings (SSSR count). The van der Waals surface area contributed by atoms with Crippen molar-refractivity contribution in [3.05, 3.63) is 5.92 Å². The second-order valence-electron chi connectivity index (χ2n) is 4.53. The molecule has 79 valence electrons. The molecule has 13 heavy (non-hydrogen) atoms. The summed E-state index contributed by atoms with van der Waals surface area (Å²) in [7, 11) is 0. The van der Waals surface area contributed by atoms with Gasteiger partial charge in [-0.2, -0.15) is 0 Å². The fourth-order valence-corrected chi connectivity index (χ4v) is 1.52. The van der Waals surface area contributed by atoms with Crippen LogP contribution in [0.3, 0.4) is 0 Å². The lowest BCUT2D eigenvalue weighted by Gasteiger charge is -2.14. The summed E-state index contributed by atoms with van der Waals surface area (Å²) in [6, 6.07) is 0. The summed E-state index contributed by atoms with van der Waals surface area (Å²) in [6.45, 7) is 9.13. The molecule has 0 bridgehead atoms. The summed E-state index contributed by atoms with van der Waals surface area (Å²) < 4.78 is 0. The maximum atomic E-state index is 2.35. The summed E-state index contributed by atoms with van der Waals surface area (Å²) in [5, 5.41) is 0. The van der Waals surface area contributed by atoms with Crippen LogP contribution in [0.1, 0.15) is 72.6 Å². The maximum absolute atomic E-state index is 2.35. The van der Waals surface area contributed by atoms with E-state index < -0.39 is 0 Å². The van der Waals surface area contributed by atoms with Crippen LogP contribution in [0.4, 0.5) is 0 Å². The minimum absolute atomic E-state index is 0.839. The van der Waals surface area contributed by atoms with Gasteiger partial charge in [-0.25, -0.2) is 0 Å². The lowest BCUT2D eigenvalue weighted by molar-refractivity contribution is 0.496. The third-order valence-electron chi connectivity index (χ3n) is 2.98. The fraction of sp³-hybridized carbons (Fsp3) is 0.923. The second kappa shape index (κ2) is 8.59. The molecule has 0 aromatic carbocycles. The Morgan fingerprint density at radius 1 is 0.923 bits per heavy atom. The van der Waals surface area contributed by atoms with E-state index in [9.17, 15) is 0 Å². The van der Waals surface area contributed by atoms with Gasteiger partial charge in [0.05, 0.1) is 0 Å². The van der Waals surface area contributed by atoms with Crippen molar-refractivity contribution in [2.24, 2.45) is 5.92 Å². The molecule has 0 N–H and O–H groups in total. The molecule has 0 heteroatoms. The van der Waals surface area contributed by atoms with E-state index in [2.05, 4.69) is 27.7 Å². The average molecular weight is 183 g/mol. The van der Waals surface area contributed by atoms with Gasteiger partial charge in [0.2, 0.25) is 0 Å². The maximum Gasteiger partial charge on any atom is -0.0275 e. The van der Waals surface area contributed by atoms with Crippen LogP contribution in [0.2, 0.25) is 0 Å². The molecule has 0 saturated carbocycles. The largest absolute Gasteiger partial charge is 0.0654 e. The standard InChI is InChI=1S/C13H27/c1-5-6-7-8-9-10-11-13(4)12(2)3/h13H,5-11H2,1-4H3. The topological polar surface area (TPSA) is 0 Å². The Morgan fingerprint density at radius 3 is 2.00 bits per heavy atom. The third-order valence-corrected chi connectivity index (χ3v) is 2.98. The van der Waals surface area contributed by atoms with Crippen molar-refractivity contribution in [1.82, 2.24) is 0 Å². The molecule has 0 heterocycles. The van der Waals surface area contributed by atoms with Crippen molar-refractivity contribution in [2.75, 3.05) is 0 Å². The van der Waals surface area contributed by atoms with Gasteiger partial charge in [-0.05, 0) is 11.8 Å². The Morgan fingerprint density at radius 2 is 1.46 bits per heavy atom. The van der Waals surface area contributed by atoms with Crippen molar-refractivity contribution < 1.29 is 0 Å². The van der Waals surface area contributed by atoms with Crippen molar-refractivity contribution >= 4 is 0 Å². The molecule has 0 aliphatic heterocycles. The molecule has 0 spiro atoms. The number of hydrogen-bond acceptors (Lipinski definition) is 0. The van der Waals surface area contributed by atoms with Crippen LogP contribution < -0.4 is 0 Å². The molecule has 1 atom stereocenters. The van der Waals surface area contributed by atoms with Crippen LogP contribution in [0.15, 0.2) is 0 Å². The Balaban J connectivity index is 3.07. The molecule has 1 unspecified atom stereocenters. The van der Waals surface area contributed by atoms with Crippen LogP contribution >= 0.6 is 0 Å². The van der Waals surface area contributed by atoms with Gasteiger partial charge in [-0.1, -0.05) is 72.6 Å². The molecule has 0 fully saturated rings. The number of rotatable bonds is 8. The predicted octanol–water partition coefficient (Wildman–Crippen LogP) is 4.99. The van der Waals surface area contributed by atoms with E-state index in [4.69, 9.17) is 0 Å². The normalized spacial score (nSPS) is 13.6. The van der Waals surface area contributed by atoms with Gasteiger partial charge in [0.15, 0.2) is 0 Å². The highest BCUT2D eigenvalue weighted by molar-refractivity contribution is 4.83. The van der Waals surface area contributed by atoms with E-state index in [0.29, 0.717) is 0 Å². The highest BCUT2D eigenvalue weighted by Crippen LogP contribution is 2.19. The lowest BCUT2D eigenvalue weighted by Crippen LogP contribution is -2.01. The Labute approximate surface area is 85.1 Å². The molecule has 0 aromatic heterocycles. The highest BCUT2D eigenvalue weighted by Gasteiger charge is 2.05. The first-order valence-corrected chi connectivity index (χ1v) is 5.98. The van der Waals surface area contributed by atoms with E-state index in [1.165, 1.54) is 44.9 Å². The monoisotopic (exact) mass is 183 g/mol. The van der Waals surface area contributed by atoms with Gasteiger partial charge in [0, 0.05) is 0 Å². The van der Waals surface area contributed by atoms with Crippen molar-refractivity contribution in [3.63, 3.8) is 0 Å². The zero-order valence-electron chi connectivity index (χ0n) is 10.0. The van der Waals surface area contributed by atoms with Crippen molar-refractivity contribution in [1.29, 1.82) is 0 Å². The third kappa shape index (κ3) is 8.33. The van der Waals surface area contributed by atoms with Crippen LogP contribution in [0, 0.1) is 11.8 Å². The molecular weight excluding hydrogens is 156 g/mol. The van der Waals surface area contributed by atoms with Crippen LogP contribution in [-0.4, -0.2) is 0 Å². The fourth-order valence-electron chi connectivity index (χ4n) is 1.52. The SMILES string of the molecule is CCCCCCCCC(C)[C](C)C. The molecule has 0 aromatic rings. The van der Waals surface area contributed by atoms with E-state index in [0.717, 1.165) is 5.92 Å². The Kier molecular flexibility index (Phi) is 8.59. The van der Waals surface area contributed by atoms with Crippen LogP contribution in [0.25, 0.3) is 0 Å². The first-order valence-electron chi connectivity index (χ1n) is 5.98. The zero-order chi connectivity index (χ0) is 10.1. The summed E-state index contributed by atoms with van der Waals surface area (Å²) in [4.78, 5) is 0. The van der Waals surface area contributed by atoms with Crippen LogP contribution in [-0.2, 0) is 0 Å². The molecule has 0 nitrogen and oxygen atoms in total. The minimum atomic E-state index is 0.839. The van der Waals surface area contributed by atoms with Gasteiger partial charge in [-0.15, -0.1) is 0 Å². The Bertz CT molecular complexity index is 94.2. The molecule has 0 aliphatic rings. The molecule has 0 amide bonds. The number of unbranched alkanes of at least 4 members (excludes halogenated alkanes) is 5. The zero-order valence-corrected chi connectivity index (χ0v) is 10.0. The predicted molar refractivity (Wildman–Crippen MR) is 61.7 cm³/mol. The summed E-state index contributed by atoms with van der Waals surface area (Å²) >= 11 is 0. The summed E-state index contributed by atoms with van der Waals surface area (Å²) in [5.41, 5.74) is 0. The second-order valence-corrected chi connectivity index (χ2v) is 4.53. The van der Waals surface area contributed by atoms with Gasteiger partial charge in [0.25, 0.3) is 0 Å². The first kappa shape index (κ1) is 13.0. The van der Waals surface area contributed by atoms with Crippen LogP contribution in [0.5, 0.6) is 0 Å². The van der Waals surface area contributed by atoms with Gasteiger partial charge in [0.1, 0.15) is 0 Å². The van der Waals surface area contributed by atoms with Gasteiger partial charge in [-0.3, -0.25) is 0 Å². The molecule has 1 radical (unpaired) electrons. The first-order chi connectivity index (χ1) is 6.18. The van der Waals surface area contributed by atoms with E-state index in [1.807, 2.05) is 0 Å². The van der Waals surface area contributed by atoms with Gasteiger partial charge < -0.3 is 0 Å². The smallest absolute Gasteiger partial charge is 0.0275 e. The van der Waals surface area contributed by atoms with Gasteiger partial charge >= 0.3 is 0 Å². The highest BCUT2D eigenvalue weighted by atomic mass is 14.1.